The highest BCUT2D eigenvalue weighted by molar-refractivity contribution is 7.45. The number of ether oxygens (including phenoxy) is 3. The summed E-state index contributed by atoms with van der Waals surface area (Å²) in [6, 6.07) is 11.7. The molecule has 3 aromatic rings. The van der Waals surface area contributed by atoms with E-state index in [4.69, 9.17) is 29.0 Å². The third-order valence-corrected chi connectivity index (χ3v) is 7.90. The monoisotopic (exact) mass is 573 g/mol. The second-order valence-electron chi connectivity index (χ2n) is 11.4. The number of fused-ring (bicyclic) bond motifs is 1. The summed E-state index contributed by atoms with van der Waals surface area (Å²) in [5.74, 6) is 0.641. The Labute approximate surface area is 236 Å². The van der Waals surface area contributed by atoms with Gasteiger partial charge in [-0.15, -0.1) is 0 Å². The Hall–Kier alpha value is -2.82. The third kappa shape index (κ3) is 7.89. The molecule has 1 aliphatic rings. The lowest BCUT2D eigenvalue weighted by atomic mass is 9.87. The van der Waals surface area contributed by atoms with Gasteiger partial charge in [0.2, 0.25) is 0 Å². The molecule has 0 amide bonds. The molecule has 0 bridgehead atoms. The van der Waals surface area contributed by atoms with Crippen molar-refractivity contribution in [3.8, 4) is 5.75 Å². The first-order valence-electron chi connectivity index (χ1n) is 13.3. The Kier molecular flexibility index (Phi) is 9.64. The average Bonchev–Trinajstić information content (AvgIpc) is 3.56. The Morgan fingerprint density at radius 1 is 1.15 bits per heavy atom. The molecule has 3 N–H and O–H groups in total. The predicted molar refractivity (Wildman–Crippen MR) is 153 cm³/mol. The van der Waals surface area contributed by atoms with E-state index in [0.717, 1.165) is 24.1 Å². The summed E-state index contributed by atoms with van der Waals surface area (Å²) in [5.41, 5.74) is 8.30. The summed E-state index contributed by atoms with van der Waals surface area (Å²) in [6.07, 6.45) is 2.76. The number of rotatable bonds is 12. The van der Waals surface area contributed by atoms with Crippen LogP contribution in [-0.2, 0) is 28.9 Å². The van der Waals surface area contributed by atoms with E-state index in [0.29, 0.717) is 18.2 Å². The molecule has 0 aliphatic carbocycles. The van der Waals surface area contributed by atoms with Crippen molar-refractivity contribution in [3.63, 3.8) is 0 Å². The molecule has 3 heterocycles. The molecule has 1 saturated heterocycles. The van der Waals surface area contributed by atoms with Crippen LogP contribution in [0, 0.1) is 0 Å². The van der Waals surface area contributed by atoms with Crippen molar-refractivity contribution < 1.29 is 28.1 Å². The fraction of sp³-hybridized carbons (Fsp3) is 0.536. The molecule has 1 aromatic carbocycles. The molecule has 11 nitrogen and oxygen atoms in total. The summed E-state index contributed by atoms with van der Waals surface area (Å²) in [5, 5.41) is 7.40. The van der Waals surface area contributed by atoms with Crippen molar-refractivity contribution in [2.45, 2.75) is 70.7 Å². The Morgan fingerprint density at radius 2 is 1.90 bits per heavy atom. The fourth-order valence-corrected chi connectivity index (χ4v) is 5.20. The number of aromatic nitrogens is 3. The van der Waals surface area contributed by atoms with E-state index < -0.39 is 20.1 Å². The number of anilines is 1. The number of carbonyl (C=O) groups is 1. The Morgan fingerprint density at radius 3 is 2.60 bits per heavy atom. The lowest BCUT2D eigenvalue weighted by Gasteiger charge is -2.23. The molecule has 3 unspecified atom stereocenters. The van der Waals surface area contributed by atoms with Gasteiger partial charge >= 0.3 is 14.5 Å². The van der Waals surface area contributed by atoms with Gasteiger partial charge in [0.1, 0.15) is 36.8 Å². The number of esters is 1. The van der Waals surface area contributed by atoms with Crippen molar-refractivity contribution in [3.05, 3.63) is 54.0 Å². The number of carbonyl (C=O) groups excluding carboxylic acids is 1. The van der Waals surface area contributed by atoms with E-state index in [1.165, 1.54) is 11.9 Å². The molecule has 40 heavy (non-hydrogen) atoms. The SMILES string of the molecule is COC(C)(C)COC(=O)CNP(OCC1CCC(c2ccc3c(N)ncnn23)O1)Oc1ccc(C(C)(C)C)cc1. The minimum Gasteiger partial charge on any atom is -0.462 e. The van der Waals surface area contributed by atoms with E-state index in [-0.39, 0.29) is 30.8 Å². The largest absolute Gasteiger partial charge is 0.462 e. The van der Waals surface area contributed by atoms with Gasteiger partial charge in [-0.25, -0.2) is 14.6 Å². The molecular formula is C28H40N5O6P. The van der Waals surface area contributed by atoms with Crippen molar-refractivity contribution in [1.29, 1.82) is 0 Å². The van der Waals surface area contributed by atoms with Gasteiger partial charge in [-0.1, -0.05) is 32.9 Å². The highest BCUT2D eigenvalue weighted by Gasteiger charge is 2.30. The molecule has 0 saturated carbocycles. The van der Waals surface area contributed by atoms with Gasteiger partial charge in [0.05, 0.1) is 24.0 Å². The Bertz CT molecular complexity index is 1280. The number of hydrogen-bond acceptors (Lipinski definition) is 10. The van der Waals surface area contributed by atoms with Crippen LogP contribution in [0.4, 0.5) is 5.82 Å². The molecule has 0 radical (unpaired) electrons. The zero-order valence-electron chi connectivity index (χ0n) is 24.0. The van der Waals surface area contributed by atoms with Gasteiger partial charge in [0, 0.05) is 7.11 Å². The molecule has 3 atom stereocenters. The lowest BCUT2D eigenvalue weighted by Crippen LogP contribution is -2.33. The smallest absolute Gasteiger partial charge is 0.320 e. The van der Waals surface area contributed by atoms with Gasteiger partial charge in [-0.2, -0.15) is 5.10 Å². The summed E-state index contributed by atoms with van der Waals surface area (Å²) < 4.78 is 31.0. The topological polar surface area (TPSA) is 131 Å². The maximum absolute atomic E-state index is 12.4. The molecule has 4 rings (SSSR count). The zero-order valence-corrected chi connectivity index (χ0v) is 24.9. The molecule has 1 aliphatic heterocycles. The predicted octanol–water partition coefficient (Wildman–Crippen LogP) is 4.71. The summed E-state index contributed by atoms with van der Waals surface area (Å²) in [6.45, 7) is 10.5. The highest BCUT2D eigenvalue weighted by Crippen LogP contribution is 2.39. The van der Waals surface area contributed by atoms with Crippen LogP contribution in [0.15, 0.2) is 42.7 Å². The van der Waals surface area contributed by atoms with Crippen LogP contribution < -0.4 is 15.3 Å². The normalized spacial score (nSPS) is 18.6. The lowest BCUT2D eigenvalue weighted by molar-refractivity contribution is -0.149. The standard InChI is InChI=1S/C28H40N5O6P/c1-27(2,3)19-7-9-20(10-8-19)39-40(32-15-25(34)36-17-28(4,5)35-6)37-16-21-11-14-24(38-21)22-12-13-23-26(29)30-18-31-33(22)23/h7-10,12-13,18,21,24,32H,11,14-17H2,1-6H3,(H2,29,30,31). The highest BCUT2D eigenvalue weighted by atomic mass is 31.2. The average molecular weight is 574 g/mol. The van der Waals surface area contributed by atoms with Gasteiger partial charge in [-0.05, 0) is 61.9 Å². The Balaban J connectivity index is 1.36. The van der Waals surface area contributed by atoms with Gasteiger partial charge in [0.15, 0.2) is 5.82 Å². The van der Waals surface area contributed by atoms with Crippen molar-refractivity contribution in [2.24, 2.45) is 0 Å². The van der Waals surface area contributed by atoms with Gasteiger partial charge in [0.25, 0.3) is 0 Å². The number of nitrogens with one attached hydrogen (secondary N) is 1. The quantitative estimate of drug-likeness (QED) is 0.232. The fourth-order valence-electron chi connectivity index (χ4n) is 4.12. The van der Waals surface area contributed by atoms with Crippen molar-refractivity contribution in [1.82, 2.24) is 19.7 Å². The molecule has 1 fully saturated rings. The van der Waals surface area contributed by atoms with Crippen LogP contribution in [0.25, 0.3) is 5.52 Å². The maximum Gasteiger partial charge on any atom is 0.320 e. The molecular weight excluding hydrogens is 533 g/mol. The van der Waals surface area contributed by atoms with E-state index in [9.17, 15) is 4.79 Å². The van der Waals surface area contributed by atoms with Crippen LogP contribution in [-0.4, -0.2) is 59.1 Å². The maximum atomic E-state index is 12.4. The molecule has 2 aromatic heterocycles. The van der Waals surface area contributed by atoms with Crippen LogP contribution in [0.3, 0.4) is 0 Å². The van der Waals surface area contributed by atoms with Gasteiger partial charge in [-0.3, -0.25) is 4.79 Å². The van der Waals surface area contributed by atoms with Crippen molar-refractivity contribution in [2.75, 3.05) is 32.6 Å². The minimum absolute atomic E-state index is 0.0250. The first-order chi connectivity index (χ1) is 18.9. The summed E-state index contributed by atoms with van der Waals surface area (Å²) >= 11 is 0. The second kappa shape index (κ2) is 12.8. The van der Waals surface area contributed by atoms with Crippen molar-refractivity contribution >= 4 is 25.8 Å². The molecule has 0 spiro atoms. The van der Waals surface area contributed by atoms with Crippen LogP contribution >= 0.6 is 8.53 Å². The van der Waals surface area contributed by atoms with Crippen LogP contribution in [0.1, 0.15) is 64.8 Å². The number of nitrogens with two attached hydrogens (primary N) is 1. The molecule has 12 heteroatoms. The number of nitrogens with zero attached hydrogens (tertiary/aromatic N) is 3. The first kappa shape index (κ1) is 30.1. The van der Waals surface area contributed by atoms with E-state index in [2.05, 4.69) is 35.9 Å². The number of benzene rings is 1. The number of hydrogen-bond donors (Lipinski definition) is 2. The van der Waals surface area contributed by atoms with E-state index in [1.54, 1.807) is 11.6 Å². The number of nitrogen functional groups attached to an aromatic ring is 1. The van der Waals surface area contributed by atoms with Crippen LogP contribution in [0.2, 0.25) is 0 Å². The minimum atomic E-state index is -1.66. The van der Waals surface area contributed by atoms with Crippen LogP contribution in [0.5, 0.6) is 5.75 Å². The summed E-state index contributed by atoms with van der Waals surface area (Å²) in [4.78, 5) is 16.4. The summed E-state index contributed by atoms with van der Waals surface area (Å²) in [7, 11) is -0.0830. The molecule has 218 valence electrons. The second-order valence-corrected chi connectivity index (χ2v) is 12.7. The third-order valence-electron chi connectivity index (χ3n) is 6.72. The zero-order chi connectivity index (χ0) is 28.9. The first-order valence-corrected chi connectivity index (χ1v) is 14.5. The van der Waals surface area contributed by atoms with E-state index in [1.807, 2.05) is 50.2 Å². The number of methoxy groups -OCH3 is 1. The van der Waals surface area contributed by atoms with E-state index >= 15 is 0 Å². The van der Waals surface area contributed by atoms with Gasteiger partial charge < -0.3 is 29.0 Å².